The van der Waals surface area contributed by atoms with Crippen molar-refractivity contribution in [1.29, 1.82) is 5.26 Å². The van der Waals surface area contributed by atoms with Crippen LogP contribution in [-0.2, 0) is 22.6 Å². The molecule has 218 valence electrons. The van der Waals surface area contributed by atoms with Gasteiger partial charge < -0.3 is 18.6 Å². The SMILES string of the molecule is C[C@H](OC1CCCCO1)c1nccn1Cc1cc(-c2ccc(C#Cc3ccc(CN4CC5C(C#N)C5C4)nc3)cc2)on1. The van der Waals surface area contributed by atoms with Crippen LogP contribution in [0.3, 0.4) is 0 Å². The van der Waals surface area contributed by atoms with Crippen molar-refractivity contribution in [3.05, 3.63) is 89.4 Å². The molecule has 2 saturated heterocycles. The van der Waals surface area contributed by atoms with Gasteiger partial charge in [-0.1, -0.05) is 17.0 Å². The van der Waals surface area contributed by atoms with E-state index in [1.165, 1.54) is 0 Å². The molecule has 5 heterocycles. The van der Waals surface area contributed by atoms with Crippen LogP contribution in [0.2, 0.25) is 0 Å². The molecule has 0 spiro atoms. The first-order chi connectivity index (χ1) is 21.1. The molecule has 9 nitrogen and oxygen atoms in total. The fourth-order valence-electron chi connectivity index (χ4n) is 6.23. The van der Waals surface area contributed by atoms with E-state index in [0.717, 1.165) is 79.4 Å². The van der Waals surface area contributed by atoms with Crippen LogP contribution in [-0.4, -0.2) is 50.6 Å². The molecule has 0 N–H and O–H groups in total. The van der Waals surface area contributed by atoms with Gasteiger partial charge in [0.2, 0.25) is 0 Å². The molecule has 2 aliphatic heterocycles. The summed E-state index contributed by atoms with van der Waals surface area (Å²) < 4.78 is 19.6. The van der Waals surface area contributed by atoms with Gasteiger partial charge in [-0.2, -0.15) is 5.26 Å². The van der Waals surface area contributed by atoms with E-state index in [2.05, 4.69) is 37.9 Å². The van der Waals surface area contributed by atoms with Gasteiger partial charge >= 0.3 is 0 Å². The van der Waals surface area contributed by atoms with E-state index >= 15 is 0 Å². The van der Waals surface area contributed by atoms with E-state index in [1.807, 2.05) is 66.3 Å². The first kappa shape index (κ1) is 27.5. The Labute approximate surface area is 251 Å². The van der Waals surface area contributed by atoms with Crippen molar-refractivity contribution in [2.24, 2.45) is 17.8 Å². The number of pyridine rings is 1. The number of aromatic nitrogens is 4. The average molecular weight is 575 g/mol. The van der Waals surface area contributed by atoms with Gasteiger partial charge in [-0.05, 0) is 74.4 Å². The number of hydrogen-bond donors (Lipinski definition) is 0. The predicted octanol–water partition coefficient (Wildman–Crippen LogP) is 5.19. The zero-order valence-electron chi connectivity index (χ0n) is 24.2. The Morgan fingerprint density at radius 3 is 2.56 bits per heavy atom. The van der Waals surface area contributed by atoms with Gasteiger partial charge in [0.1, 0.15) is 17.6 Å². The third-order valence-corrected chi connectivity index (χ3v) is 8.65. The van der Waals surface area contributed by atoms with Gasteiger partial charge in [-0.15, -0.1) is 0 Å². The minimum absolute atomic E-state index is 0.173. The van der Waals surface area contributed by atoms with Crippen molar-refractivity contribution in [3.8, 4) is 29.2 Å². The molecule has 0 bridgehead atoms. The van der Waals surface area contributed by atoms with E-state index in [-0.39, 0.29) is 18.3 Å². The molecule has 43 heavy (non-hydrogen) atoms. The second kappa shape index (κ2) is 12.1. The number of fused-ring (bicyclic) bond motifs is 1. The summed E-state index contributed by atoms with van der Waals surface area (Å²) in [6.45, 7) is 6.14. The number of nitrogens with zero attached hydrogens (tertiary/aromatic N) is 6. The van der Waals surface area contributed by atoms with Crippen LogP contribution in [0.4, 0.5) is 0 Å². The molecule has 1 aliphatic carbocycles. The number of benzene rings is 1. The summed E-state index contributed by atoms with van der Waals surface area (Å²) in [5.74, 6) is 9.40. The third-order valence-electron chi connectivity index (χ3n) is 8.65. The molecule has 0 amide bonds. The highest BCUT2D eigenvalue weighted by Gasteiger charge is 2.55. The Morgan fingerprint density at radius 1 is 1.00 bits per heavy atom. The number of imidazole rings is 1. The maximum atomic E-state index is 9.11. The van der Waals surface area contributed by atoms with Crippen molar-refractivity contribution in [2.45, 2.75) is 51.7 Å². The van der Waals surface area contributed by atoms with Crippen LogP contribution in [0.5, 0.6) is 0 Å². The molecule has 9 heteroatoms. The van der Waals surface area contributed by atoms with Gasteiger partial charge in [-0.3, -0.25) is 9.88 Å². The molecule has 4 atom stereocenters. The average Bonchev–Trinajstić information content (AvgIpc) is 3.49. The molecule has 7 rings (SSSR count). The highest BCUT2D eigenvalue weighted by molar-refractivity contribution is 5.59. The van der Waals surface area contributed by atoms with E-state index < -0.39 is 0 Å². The van der Waals surface area contributed by atoms with Crippen LogP contribution >= 0.6 is 0 Å². The number of ether oxygens (including phenoxy) is 2. The minimum Gasteiger partial charge on any atom is -0.356 e. The predicted molar refractivity (Wildman–Crippen MR) is 158 cm³/mol. The van der Waals surface area contributed by atoms with Gasteiger partial charge in [0, 0.05) is 67.6 Å². The first-order valence-corrected chi connectivity index (χ1v) is 15.1. The smallest absolute Gasteiger partial charge is 0.167 e. The Morgan fingerprint density at radius 2 is 1.81 bits per heavy atom. The van der Waals surface area contributed by atoms with Crippen LogP contribution in [0.1, 0.15) is 60.6 Å². The lowest BCUT2D eigenvalue weighted by Crippen LogP contribution is -2.24. The normalized spacial score (nSPS) is 23.6. The molecule has 3 unspecified atom stereocenters. The molecule has 1 saturated carbocycles. The second-order valence-corrected chi connectivity index (χ2v) is 11.7. The van der Waals surface area contributed by atoms with Gasteiger partial charge in [-0.25, -0.2) is 4.98 Å². The monoisotopic (exact) mass is 574 g/mol. The fraction of sp³-hybridized carbons (Fsp3) is 0.412. The molecule has 4 aromatic rings. The highest BCUT2D eigenvalue weighted by atomic mass is 16.7. The maximum Gasteiger partial charge on any atom is 0.167 e. The number of hydrogen-bond acceptors (Lipinski definition) is 8. The van der Waals surface area contributed by atoms with Gasteiger partial charge in [0.15, 0.2) is 12.1 Å². The number of likely N-dealkylation sites (tertiary alicyclic amines) is 1. The van der Waals surface area contributed by atoms with E-state index in [9.17, 15) is 0 Å². The van der Waals surface area contributed by atoms with Gasteiger partial charge in [0.05, 0.1) is 24.2 Å². The van der Waals surface area contributed by atoms with Crippen molar-refractivity contribution >= 4 is 0 Å². The van der Waals surface area contributed by atoms with Crippen molar-refractivity contribution < 1.29 is 14.0 Å². The molecule has 0 radical (unpaired) electrons. The zero-order chi connectivity index (χ0) is 29.2. The molecular weight excluding hydrogens is 540 g/mol. The fourth-order valence-corrected chi connectivity index (χ4v) is 6.23. The summed E-state index contributed by atoms with van der Waals surface area (Å²) in [7, 11) is 0. The summed E-state index contributed by atoms with van der Waals surface area (Å²) in [5.41, 5.74) is 4.58. The Bertz CT molecular complexity index is 1640. The lowest BCUT2D eigenvalue weighted by atomic mass is 10.1. The van der Waals surface area contributed by atoms with Crippen LogP contribution < -0.4 is 0 Å². The van der Waals surface area contributed by atoms with Crippen molar-refractivity contribution in [1.82, 2.24) is 24.6 Å². The Kier molecular flexibility index (Phi) is 7.78. The molecule has 3 aromatic heterocycles. The quantitative estimate of drug-likeness (QED) is 0.265. The summed E-state index contributed by atoms with van der Waals surface area (Å²) in [5, 5.41) is 13.4. The molecule has 3 aliphatic rings. The summed E-state index contributed by atoms with van der Waals surface area (Å²) in [6, 6.07) is 16.4. The molecular formula is C34H34N6O3. The third kappa shape index (κ3) is 6.25. The van der Waals surface area contributed by atoms with Crippen LogP contribution in [0.25, 0.3) is 11.3 Å². The minimum atomic E-state index is -0.188. The van der Waals surface area contributed by atoms with E-state index in [1.54, 1.807) is 6.20 Å². The standard InChI is InChI=1S/C34H34N6O3/c1-23(42-33-4-2-3-15-41-33)34-36-13-14-40(34)20-28-16-32(43-38-28)26-10-7-24(8-11-26)5-6-25-9-12-27(37-18-25)19-39-21-30-29(17-35)31(30)22-39/h7-14,16,18,23,29-31,33H,2-4,15,19-22H2,1H3/t23-,29?,30?,31?,33?/m0/s1. The van der Waals surface area contributed by atoms with Crippen molar-refractivity contribution in [3.63, 3.8) is 0 Å². The summed E-state index contributed by atoms with van der Waals surface area (Å²) in [4.78, 5) is 11.5. The summed E-state index contributed by atoms with van der Waals surface area (Å²) in [6.07, 6.45) is 8.32. The summed E-state index contributed by atoms with van der Waals surface area (Å²) >= 11 is 0. The van der Waals surface area contributed by atoms with E-state index in [4.69, 9.17) is 19.3 Å². The first-order valence-electron chi connectivity index (χ1n) is 15.1. The second-order valence-electron chi connectivity index (χ2n) is 11.7. The highest BCUT2D eigenvalue weighted by Crippen LogP contribution is 2.51. The largest absolute Gasteiger partial charge is 0.356 e. The Balaban J connectivity index is 0.932. The number of nitriles is 1. The Hall–Kier alpha value is -4.28. The number of rotatable bonds is 8. The lowest BCUT2D eigenvalue weighted by molar-refractivity contribution is -0.188. The van der Waals surface area contributed by atoms with Crippen LogP contribution in [0, 0.1) is 40.9 Å². The zero-order valence-corrected chi connectivity index (χ0v) is 24.2. The van der Waals surface area contributed by atoms with Crippen molar-refractivity contribution in [2.75, 3.05) is 19.7 Å². The maximum absolute atomic E-state index is 9.11. The van der Waals surface area contributed by atoms with E-state index in [0.29, 0.717) is 24.1 Å². The molecule has 3 fully saturated rings. The van der Waals surface area contributed by atoms with Crippen LogP contribution in [0.15, 0.2) is 65.6 Å². The molecule has 1 aromatic carbocycles. The number of piperidine rings is 1. The topological polar surface area (TPSA) is 102 Å². The van der Waals surface area contributed by atoms with Gasteiger partial charge in [0.25, 0.3) is 0 Å². The lowest BCUT2D eigenvalue weighted by Gasteiger charge is -2.26.